The Balaban J connectivity index is 1.71. The van der Waals surface area contributed by atoms with E-state index in [1.54, 1.807) is 35.7 Å². The van der Waals surface area contributed by atoms with Crippen molar-refractivity contribution in [3.63, 3.8) is 0 Å². The third-order valence-electron chi connectivity index (χ3n) is 3.44. The molecule has 23 heavy (non-hydrogen) atoms. The molecule has 1 aromatic carbocycles. The Hall–Kier alpha value is -1.82. The van der Waals surface area contributed by atoms with Crippen LogP contribution >= 0.6 is 23.2 Å². The van der Waals surface area contributed by atoms with Crippen molar-refractivity contribution in [3.8, 4) is 0 Å². The Bertz CT molecular complexity index is 688. The number of anilines is 1. The summed E-state index contributed by atoms with van der Waals surface area (Å²) in [7, 11) is 0. The molecule has 3 rings (SSSR count). The Morgan fingerprint density at radius 3 is 2.70 bits per heavy atom. The summed E-state index contributed by atoms with van der Waals surface area (Å²) in [4.78, 5) is 14.5. The number of para-hydroxylation sites is 1. The molecule has 5 nitrogen and oxygen atoms in total. The molecule has 2 heterocycles. The fourth-order valence-electron chi connectivity index (χ4n) is 2.23. The van der Waals surface area contributed by atoms with Gasteiger partial charge in [-0.05, 0) is 25.1 Å². The van der Waals surface area contributed by atoms with Gasteiger partial charge in [-0.2, -0.15) is 0 Å². The number of nitrogens with one attached hydrogen (secondary N) is 1. The predicted molar refractivity (Wildman–Crippen MR) is 92.8 cm³/mol. The minimum atomic E-state index is -0.143. The lowest BCUT2D eigenvalue weighted by atomic mass is 10.2. The highest BCUT2D eigenvalue weighted by Gasteiger charge is 2.22. The first-order chi connectivity index (χ1) is 11.1. The van der Waals surface area contributed by atoms with Crippen molar-refractivity contribution in [3.05, 3.63) is 58.3 Å². The molecule has 0 aliphatic carbocycles. The van der Waals surface area contributed by atoms with Crippen LogP contribution in [0.5, 0.6) is 0 Å². The van der Waals surface area contributed by atoms with Crippen molar-refractivity contribution in [1.29, 1.82) is 0 Å². The summed E-state index contributed by atoms with van der Waals surface area (Å²) < 4.78 is 0. The van der Waals surface area contributed by atoms with Gasteiger partial charge >= 0.3 is 0 Å². The summed E-state index contributed by atoms with van der Waals surface area (Å²) in [5, 5.41) is 5.94. The second-order valence-corrected chi connectivity index (χ2v) is 5.88. The maximum atomic E-state index is 6.19. The van der Waals surface area contributed by atoms with Gasteiger partial charge in [0.25, 0.3) is 0 Å². The van der Waals surface area contributed by atoms with E-state index in [-0.39, 0.29) is 6.10 Å². The first-order valence-electron chi connectivity index (χ1n) is 7.25. The van der Waals surface area contributed by atoms with Crippen LogP contribution in [0.3, 0.4) is 0 Å². The maximum Gasteiger partial charge on any atom is 0.223 e. The Morgan fingerprint density at radius 2 is 2.00 bits per heavy atom. The summed E-state index contributed by atoms with van der Waals surface area (Å²) in [5.41, 5.74) is 1.62. The van der Waals surface area contributed by atoms with Gasteiger partial charge in [-0.25, -0.2) is 10.1 Å². The van der Waals surface area contributed by atoms with Crippen LogP contribution in [-0.4, -0.2) is 29.1 Å². The maximum absolute atomic E-state index is 6.19. The molecular weight excluding hydrogens is 335 g/mol. The molecule has 0 fully saturated rings. The van der Waals surface area contributed by atoms with Crippen molar-refractivity contribution in [1.82, 2.24) is 10.0 Å². The van der Waals surface area contributed by atoms with E-state index in [9.17, 15) is 0 Å². The largest absolute Gasteiger partial charge is 0.322 e. The first-order valence-corrected chi connectivity index (χ1v) is 8.00. The fourth-order valence-corrected chi connectivity index (χ4v) is 2.73. The van der Waals surface area contributed by atoms with E-state index in [0.29, 0.717) is 34.8 Å². The van der Waals surface area contributed by atoms with E-state index < -0.39 is 0 Å². The van der Waals surface area contributed by atoms with Crippen LogP contribution in [0.1, 0.15) is 18.6 Å². The Morgan fingerprint density at radius 1 is 1.22 bits per heavy atom. The fraction of sp³-hybridized carbons (Fsp3) is 0.250. The highest BCUT2D eigenvalue weighted by molar-refractivity contribution is 6.39. The molecule has 1 aromatic heterocycles. The molecule has 0 spiro atoms. The van der Waals surface area contributed by atoms with E-state index in [1.165, 1.54) is 0 Å². The van der Waals surface area contributed by atoms with Crippen molar-refractivity contribution >= 4 is 34.8 Å². The van der Waals surface area contributed by atoms with Crippen LogP contribution in [0.25, 0.3) is 0 Å². The normalized spacial score (nSPS) is 15.4. The zero-order valence-corrected chi connectivity index (χ0v) is 14.1. The van der Waals surface area contributed by atoms with Crippen LogP contribution in [0.4, 0.5) is 5.69 Å². The number of hydrogen-bond donors (Lipinski definition) is 1. The summed E-state index contributed by atoms with van der Waals surface area (Å²) >= 11 is 12.4. The molecule has 1 aliphatic rings. The number of nitrogens with zero attached hydrogens (tertiary/aromatic N) is 3. The van der Waals surface area contributed by atoms with Crippen LogP contribution in [-0.2, 0) is 4.84 Å². The smallest absolute Gasteiger partial charge is 0.223 e. The monoisotopic (exact) mass is 350 g/mol. The standard InChI is InChI=1S/C16H16Cl2N4O/c1-11(12-4-3-7-19-10-12)23-22-9-8-20-16(22)21-15-13(17)5-2-6-14(15)18/h2-7,10-11H,8-9H2,1H3,(H,20,21). The molecule has 1 atom stereocenters. The first kappa shape index (κ1) is 16.1. The molecule has 1 aliphatic heterocycles. The number of aliphatic imine (C=N–C) groups is 1. The highest BCUT2D eigenvalue weighted by Crippen LogP contribution is 2.30. The van der Waals surface area contributed by atoms with E-state index in [0.717, 1.165) is 5.56 Å². The second kappa shape index (κ2) is 7.17. The molecule has 0 saturated heterocycles. The molecule has 0 amide bonds. The van der Waals surface area contributed by atoms with Gasteiger partial charge in [0.1, 0.15) is 6.10 Å². The molecule has 0 saturated carbocycles. The molecule has 120 valence electrons. The van der Waals surface area contributed by atoms with Crippen molar-refractivity contribution < 1.29 is 4.84 Å². The van der Waals surface area contributed by atoms with Crippen molar-refractivity contribution in [2.24, 2.45) is 4.99 Å². The van der Waals surface area contributed by atoms with Crippen LogP contribution in [0.15, 0.2) is 47.7 Å². The average Bonchev–Trinajstić information content (AvgIpc) is 2.99. The quantitative estimate of drug-likeness (QED) is 0.899. The number of guanidine groups is 1. The van der Waals surface area contributed by atoms with Gasteiger partial charge in [0.05, 0.1) is 28.8 Å². The van der Waals surface area contributed by atoms with Crippen molar-refractivity contribution in [2.45, 2.75) is 13.0 Å². The molecule has 1 unspecified atom stereocenters. The van der Waals surface area contributed by atoms with E-state index in [1.807, 2.05) is 19.1 Å². The average molecular weight is 351 g/mol. The SMILES string of the molecule is CC(ON1CCN=C1Nc1c(Cl)cccc1Cl)c1cccnc1. The molecule has 1 N–H and O–H groups in total. The van der Waals surface area contributed by atoms with Gasteiger partial charge in [-0.3, -0.25) is 9.82 Å². The predicted octanol–water partition coefficient (Wildman–Crippen LogP) is 4.16. The van der Waals surface area contributed by atoms with Gasteiger partial charge in [0.2, 0.25) is 5.96 Å². The minimum absolute atomic E-state index is 0.143. The zero-order valence-electron chi connectivity index (χ0n) is 12.5. The topological polar surface area (TPSA) is 49.8 Å². The number of halogens is 2. The van der Waals surface area contributed by atoms with E-state index >= 15 is 0 Å². The number of benzene rings is 1. The third-order valence-corrected chi connectivity index (χ3v) is 4.07. The zero-order chi connectivity index (χ0) is 16.2. The number of pyridine rings is 1. The number of hydroxylamine groups is 2. The Kier molecular flexibility index (Phi) is 5.00. The van der Waals surface area contributed by atoms with Gasteiger partial charge in [0.15, 0.2) is 0 Å². The van der Waals surface area contributed by atoms with Gasteiger partial charge < -0.3 is 5.32 Å². The molecule has 0 bridgehead atoms. The molecular formula is C16H16Cl2N4O. The van der Waals surface area contributed by atoms with Crippen LogP contribution in [0.2, 0.25) is 10.0 Å². The lowest BCUT2D eigenvalue weighted by molar-refractivity contribution is -0.135. The summed E-state index contributed by atoms with van der Waals surface area (Å²) in [6.45, 7) is 3.27. The minimum Gasteiger partial charge on any atom is -0.322 e. The number of aromatic nitrogens is 1. The summed E-state index contributed by atoms with van der Waals surface area (Å²) in [6, 6.07) is 9.20. The van der Waals surface area contributed by atoms with Gasteiger partial charge in [-0.1, -0.05) is 35.3 Å². The van der Waals surface area contributed by atoms with E-state index in [2.05, 4.69) is 15.3 Å². The van der Waals surface area contributed by atoms with E-state index in [4.69, 9.17) is 28.0 Å². The summed E-state index contributed by atoms with van der Waals surface area (Å²) in [5.74, 6) is 0.593. The van der Waals surface area contributed by atoms with Crippen LogP contribution < -0.4 is 5.32 Å². The third kappa shape index (κ3) is 3.75. The second-order valence-electron chi connectivity index (χ2n) is 5.06. The molecule has 7 heteroatoms. The van der Waals surface area contributed by atoms with Crippen LogP contribution in [0, 0.1) is 0 Å². The molecule has 0 radical (unpaired) electrons. The molecule has 2 aromatic rings. The van der Waals surface area contributed by atoms with Gasteiger partial charge in [-0.15, -0.1) is 0 Å². The van der Waals surface area contributed by atoms with Gasteiger partial charge in [0, 0.05) is 18.0 Å². The number of rotatable bonds is 4. The highest BCUT2D eigenvalue weighted by atomic mass is 35.5. The number of hydrogen-bond acceptors (Lipinski definition) is 5. The van der Waals surface area contributed by atoms with Crippen molar-refractivity contribution in [2.75, 3.05) is 18.4 Å². The lowest BCUT2D eigenvalue weighted by Crippen LogP contribution is -2.34. The Labute approximate surface area is 144 Å². The summed E-state index contributed by atoms with van der Waals surface area (Å²) in [6.07, 6.45) is 3.38. The lowest BCUT2D eigenvalue weighted by Gasteiger charge is -2.24.